The van der Waals surface area contributed by atoms with Gasteiger partial charge in [-0.05, 0) is 56.8 Å². The van der Waals surface area contributed by atoms with Crippen LogP contribution in [0.5, 0.6) is 0 Å². The molecule has 1 amide bonds. The Balaban J connectivity index is 1.32. The first-order chi connectivity index (χ1) is 14.1. The number of carbonyl (C=O) groups is 1. The van der Waals surface area contributed by atoms with Crippen molar-refractivity contribution in [2.75, 3.05) is 56.5 Å². The van der Waals surface area contributed by atoms with E-state index >= 15 is 0 Å². The van der Waals surface area contributed by atoms with Gasteiger partial charge >= 0.3 is 0 Å². The molecule has 29 heavy (non-hydrogen) atoms. The molecule has 1 aromatic carbocycles. The summed E-state index contributed by atoms with van der Waals surface area (Å²) in [5.41, 5.74) is 1.22. The topological polar surface area (TPSA) is 51.7 Å². The lowest BCUT2D eigenvalue weighted by Crippen LogP contribution is -2.54. The molecule has 0 bridgehead atoms. The Morgan fingerprint density at radius 1 is 1.14 bits per heavy atom. The number of rotatable bonds is 4. The Morgan fingerprint density at radius 3 is 2.66 bits per heavy atom. The number of hydrogen-bond acceptors (Lipinski definition) is 5. The summed E-state index contributed by atoms with van der Waals surface area (Å²) >= 11 is 5.97. The molecule has 1 atom stereocenters. The Hall–Kier alpha value is -2.15. The van der Waals surface area contributed by atoms with Gasteiger partial charge < -0.3 is 15.1 Å². The minimum absolute atomic E-state index is 0.183. The van der Waals surface area contributed by atoms with Crippen LogP contribution < -0.4 is 10.2 Å². The van der Waals surface area contributed by atoms with Crippen molar-refractivity contribution in [1.29, 1.82) is 0 Å². The quantitative estimate of drug-likeness (QED) is 0.834. The van der Waals surface area contributed by atoms with E-state index in [1.807, 2.05) is 24.3 Å². The highest BCUT2D eigenvalue weighted by atomic mass is 35.5. The number of nitrogens with zero attached hydrogens (tertiary/aromatic N) is 4. The molecule has 1 aromatic heterocycles. The number of pyridine rings is 1. The zero-order valence-electron chi connectivity index (χ0n) is 16.9. The Labute approximate surface area is 177 Å². The van der Waals surface area contributed by atoms with E-state index < -0.39 is 0 Å². The number of anilines is 2. The number of hydrogen-bond donors (Lipinski definition) is 1. The van der Waals surface area contributed by atoms with Gasteiger partial charge in [0.2, 0.25) is 0 Å². The van der Waals surface area contributed by atoms with Crippen LogP contribution in [0.2, 0.25) is 5.02 Å². The first-order valence-corrected chi connectivity index (χ1v) is 10.7. The Bertz CT molecular complexity index is 835. The van der Waals surface area contributed by atoms with Crippen LogP contribution in [0.25, 0.3) is 0 Å². The molecule has 0 radical (unpaired) electrons. The molecule has 7 heteroatoms. The number of piperazine rings is 1. The van der Waals surface area contributed by atoms with Crippen molar-refractivity contribution < 1.29 is 4.79 Å². The average molecular weight is 414 g/mol. The van der Waals surface area contributed by atoms with Gasteiger partial charge in [-0.15, -0.1) is 0 Å². The van der Waals surface area contributed by atoms with Gasteiger partial charge in [-0.1, -0.05) is 17.7 Å². The summed E-state index contributed by atoms with van der Waals surface area (Å²) in [5.74, 6) is 0.752. The number of likely N-dealkylation sites (tertiary alicyclic amines) is 1. The van der Waals surface area contributed by atoms with E-state index in [9.17, 15) is 4.79 Å². The van der Waals surface area contributed by atoms with Gasteiger partial charge in [0.1, 0.15) is 5.82 Å². The van der Waals surface area contributed by atoms with Crippen LogP contribution in [0.1, 0.15) is 23.2 Å². The van der Waals surface area contributed by atoms with Crippen molar-refractivity contribution in [3.8, 4) is 0 Å². The van der Waals surface area contributed by atoms with Crippen LogP contribution in [0.3, 0.4) is 0 Å². The van der Waals surface area contributed by atoms with Crippen LogP contribution >= 0.6 is 11.6 Å². The first-order valence-electron chi connectivity index (χ1n) is 10.3. The molecular formula is C22H28ClN5O. The lowest BCUT2D eigenvalue weighted by molar-refractivity contribution is 0.102. The third-order valence-corrected chi connectivity index (χ3v) is 6.08. The lowest BCUT2D eigenvalue weighted by atomic mass is 10.0. The fourth-order valence-corrected chi connectivity index (χ4v) is 4.42. The van der Waals surface area contributed by atoms with E-state index in [1.165, 1.54) is 25.9 Å². The molecule has 0 spiro atoms. The molecule has 2 aromatic rings. The molecule has 0 saturated carbocycles. The van der Waals surface area contributed by atoms with Gasteiger partial charge in [-0.2, -0.15) is 0 Å². The summed E-state index contributed by atoms with van der Waals surface area (Å²) in [6, 6.07) is 11.6. The van der Waals surface area contributed by atoms with Crippen molar-refractivity contribution >= 4 is 29.0 Å². The number of aromatic nitrogens is 1. The molecule has 6 nitrogen and oxygen atoms in total. The van der Waals surface area contributed by atoms with Crippen LogP contribution in [0.15, 0.2) is 42.6 Å². The first kappa shape index (κ1) is 20.1. The SMILES string of the molecule is CN1CCCC(N2CCN(c3ccc(C(=O)Nc4cccc(Cl)c4)cn3)CC2)C1. The second-order valence-corrected chi connectivity index (χ2v) is 8.39. The van der Waals surface area contributed by atoms with Crippen molar-refractivity contribution in [3.63, 3.8) is 0 Å². The Morgan fingerprint density at radius 2 is 1.97 bits per heavy atom. The highest BCUT2D eigenvalue weighted by Gasteiger charge is 2.27. The number of likely N-dealkylation sites (N-methyl/N-ethyl adjacent to an activating group) is 1. The van der Waals surface area contributed by atoms with Gasteiger partial charge in [0.15, 0.2) is 0 Å². The molecule has 0 aliphatic carbocycles. The highest BCUT2D eigenvalue weighted by Crippen LogP contribution is 2.20. The fourth-order valence-electron chi connectivity index (χ4n) is 4.23. The summed E-state index contributed by atoms with van der Waals surface area (Å²) in [5, 5.41) is 3.45. The smallest absolute Gasteiger partial charge is 0.257 e. The van der Waals surface area contributed by atoms with Gasteiger partial charge in [-0.3, -0.25) is 9.69 Å². The maximum absolute atomic E-state index is 12.4. The number of benzene rings is 1. The number of piperidine rings is 1. The van der Waals surface area contributed by atoms with Crippen LogP contribution in [0, 0.1) is 0 Å². The second kappa shape index (κ2) is 9.11. The molecule has 1 unspecified atom stereocenters. The standard InChI is InChI=1S/C22H28ClN5O/c1-26-9-3-6-20(16-26)27-10-12-28(13-11-27)21-8-7-17(15-24-21)22(29)25-19-5-2-4-18(23)14-19/h2,4-5,7-8,14-15,20H,3,6,9-13,16H2,1H3,(H,25,29). The molecular weight excluding hydrogens is 386 g/mol. The molecule has 3 heterocycles. The largest absolute Gasteiger partial charge is 0.354 e. The summed E-state index contributed by atoms with van der Waals surface area (Å²) < 4.78 is 0. The summed E-state index contributed by atoms with van der Waals surface area (Å²) in [6.07, 6.45) is 4.25. The summed E-state index contributed by atoms with van der Waals surface area (Å²) in [7, 11) is 2.22. The third-order valence-electron chi connectivity index (χ3n) is 5.85. The van der Waals surface area contributed by atoms with Crippen molar-refractivity contribution in [3.05, 3.63) is 53.2 Å². The van der Waals surface area contributed by atoms with E-state index in [0.29, 0.717) is 22.3 Å². The summed E-state index contributed by atoms with van der Waals surface area (Å²) in [6.45, 7) is 6.48. The van der Waals surface area contributed by atoms with E-state index in [0.717, 1.165) is 32.0 Å². The van der Waals surface area contributed by atoms with Crippen molar-refractivity contribution in [2.45, 2.75) is 18.9 Å². The molecule has 2 aliphatic rings. The van der Waals surface area contributed by atoms with Crippen LogP contribution in [-0.2, 0) is 0 Å². The van der Waals surface area contributed by atoms with Gasteiger partial charge in [0.25, 0.3) is 5.91 Å². The predicted molar refractivity (Wildman–Crippen MR) is 118 cm³/mol. The van der Waals surface area contributed by atoms with E-state index in [4.69, 9.17) is 11.6 Å². The number of halogens is 1. The van der Waals surface area contributed by atoms with Crippen molar-refractivity contribution in [1.82, 2.24) is 14.8 Å². The maximum Gasteiger partial charge on any atom is 0.257 e. The minimum atomic E-state index is -0.183. The van der Waals surface area contributed by atoms with E-state index in [2.05, 4.69) is 32.0 Å². The number of amides is 1. The van der Waals surface area contributed by atoms with Gasteiger partial charge in [0, 0.05) is 55.7 Å². The number of nitrogens with one attached hydrogen (secondary N) is 1. The average Bonchev–Trinajstić information content (AvgIpc) is 2.74. The zero-order valence-corrected chi connectivity index (χ0v) is 17.6. The molecule has 2 fully saturated rings. The summed E-state index contributed by atoms with van der Waals surface area (Å²) in [4.78, 5) is 24.4. The van der Waals surface area contributed by atoms with Crippen LogP contribution in [-0.4, -0.2) is 73.0 Å². The lowest BCUT2D eigenvalue weighted by Gasteiger charge is -2.43. The molecule has 154 valence electrons. The zero-order chi connectivity index (χ0) is 20.2. The molecule has 1 N–H and O–H groups in total. The third kappa shape index (κ3) is 5.07. The fraction of sp³-hybridized carbons (Fsp3) is 0.455. The van der Waals surface area contributed by atoms with Crippen LogP contribution in [0.4, 0.5) is 11.5 Å². The minimum Gasteiger partial charge on any atom is -0.354 e. The predicted octanol–water partition coefficient (Wildman–Crippen LogP) is 3.20. The van der Waals surface area contributed by atoms with E-state index in [-0.39, 0.29) is 5.91 Å². The van der Waals surface area contributed by atoms with E-state index in [1.54, 1.807) is 18.3 Å². The van der Waals surface area contributed by atoms with Crippen molar-refractivity contribution in [2.24, 2.45) is 0 Å². The second-order valence-electron chi connectivity index (χ2n) is 7.95. The van der Waals surface area contributed by atoms with Gasteiger partial charge in [0.05, 0.1) is 5.56 Å². The molecule has 2 saturated heterocycles. The Kier molecular flexibility index (Phi) is 6.33. The monoisotopic (exact) mass is 413 g/mol. The molecule has 2 aliphatic heterocycles. The highest BCUT2D eigenvalue weighted by molar-refractivity contribution is 6.30. The molecule has 4 rings (SSSR count). The maximum atomic E-state index is 12.4. The normalized spacial score (nSPS) is 21.2. The number of carbonyl (C=O) groups excluding carboxylic acids is 1. The van der Waals surface area contributed by atoms with Gasteiger partial charge in [-0.25, -0.2) is 4.98 Å².